The van der Waals surface area contributed by atoms with Crippen LogP contribution in [0.4, 0.5) is 10.5 Å². The van der Waals surface area contributed by atoms with Gasteiger partial charge in [0.05, 0.1) is 11.1 Å². The quantitative estimate of drug-likeness (QED) is 0.621. The predicted octanol–water partition coefficient (Wildman–Crippen LogP) is 2.34. The smallest absolute Gasteiger partial charge is 0.412 e. The van der Waals surface area contributed by atoms with Crippen LogP contribution in [0.3, 0.4) is 0 Å². The standard InChI is InChI=1S/C13H13NO5/c1-13(2,3)19-12(17)14-7-4-5-8-9(6-7)11(16)18-10(8)15/h4-6H,1-3H3,(H,14,17). The summed E-state index contributed by atoms with van der Waals surface area (Å²) in [6.45, 7) is 5.22. The number of rotatable bonds is 1. The lowest BCUT2D eigenvalue weighted by Gasteiger charge is -2.19. The van der Waals surface area contributed by atoms with E-state index in [1.807, 2.05) is 0 Å². The van der Waals surface area contributed by atoms with Crippen LogP contribution in [-0.4, -0.2) is 23.6 Å². The van der Waals surface area contributed by atoms with Gasteiger partial charge in [-0.2, -0.15) is 0 Å². The molecule has 0 aliphatic carbocycles. The average molecular weight is 263 g/mol. The van der Waals surface area contributed by atoms with Gasteiger partial charge in [-0.15, -0.1) is 0 Å². The molecule has 0 bridgehead atoms. The van der Waals surface area contributed by atoms with E-state index in [0.29, 0.717) is 5.69 Å². The van der Waals surface area contributed by atoms with Gasteiger partial charge in [0.1, 0.15) is 5.60 Å². The Balaban J connectivity index is 2.16. The molecule has 19 heavy (non-hydrogen) atoms. The Kier molecular flexibility index (Phi) is 3.01. The molecular formula is C13H13NO5. The third-order valence-corrected chi connectivity index (χ3v) is 2.29. The molecule has 2 rings (SSSR count). The van der Waals surface area contributed by atoms with Crippen molar-refractivity contribution < 1.29 is 23.9 Å². The summed E-state index contributed by atoms with van der Waals surface area (Å²) in [4.78, 5) is 34.2. The summed E-state index contributed by atoms with van der Waals surface area (Å²) in [5.41, 5.74) is 0.0772. The number of ether oxygens (including phenoxy) is 2. The molecule has 0 saturated heterocycles. The van der Waals surface area contributed by atoms with Crippen LogP contribution in [0, 0.1) is 0 Å². The molecule has 1 heterocycles. The van der Waals surface area contributed by atoms with Gasteiger partial charge in [-0.25, -0.2) is 14.4 Å². The van der Waals surface area contributed by atoms with E-state index in [2.05, 4.69) is 10.1 Å². The fraction of sp³-hybridized carbons (Fsp3) is 0.308. The zero-order valence-electron chi connectivity index (χ0n) is 10.8. The minimum atomic E-state index is -0.715. The zero-order valence-corrected chi connectivity index (χ0v) is 10.8. The van der Waals surface area contributed by atoms with Gasteiger partial charge in [-0.05, 0) is 39.0 Å². The Morgan fingerprint density at radius 2 is 1.79 bits per heavy atom. The molecule has 0 aromatic heterocycles. The first-order valence-corrected chi connectivity index (χ1v) is 5.67. The Morgan fingerprint density at radius 3 is 2.42 bits per heavy atom. The summed E-state index contributed by atoms with van der Waals surface area (Å²) < 4.78 is 9.53. The van der Waals surface area contributed by atoms with Crippen molar-refractivity contribution in [3.8, 4) is 0 Å². The summed E-state index contributed by atoms with van der Waals surface area (Å²) in [5.74, 6) is -1.39. The van der Waals surface area contributed by atoms with Crippen LogP contribution in [0.15, 0.2) is 18.2 Å². The van der Waals surface area contributed by atoms with Crippen molar-refractivity contribution in [1.29, 1.82) is 0 Å². The van der Waals surface area contributed by atoms with E-state index in [-0.39, 0.29) is 11.1 Å². The summed E-state index contributed by atoms with van der Waals surface area (Å²) >= 11 is 0. The van der Waals surface area contributed by atoms with Crippen LogP contribution in [0.1, 0.15) is 41.5 Å². The Bertz CT molecular complexity index is 571. The first kappa shape index (κ1) is 13.1. The highest BCUT2D eigenvalue weighted by Gasteiger charge is 2.29. The Morgan fingerprint density at radius 1 is 1.16 bits per heavy atom. The number of fused-ring (bicyclic) bond motifs is 1. The molecule has 6 heteroatoms. The Hall–Kier alpha value is -2.37. The molecule has 0 spiro atoms. The van der Waals surface area contributed by atoms with Crippen LogP contribution in [-0.2, 0) is 9.47 Å². The molecule has 0 saturated carbocycles. The van der Waals surface area contributed by atoms with Crippen LogP contribution in [0.25, 0.3) is 0 Å². The number of amides is 1. The Labute approximate surface area is 109 Å². The van der Waals surface area contributed by atoms with E-state index < -0.39 is 23.6 Å². The van der Waals surface area contributed by atoms with Crippen molar-refractivity contribution in [2.24, 2.45) is 0 Å². The molecule has 0 radical (unpaired) electrons. The van der Waals surface area contributed by atoms with Gasteiger partial charge in [-0.3, -0.25) is 5.32 Å². The monoisotopic (exact) mass is 263 g/mol. The molecule has 1 aromatic rings. The molecule has 1 amide bonds. The molecule has 0 unspecified atom stereocenters. The largest absolute Gasteiger partial charge is 0.444 e. The number of hydrogen-bond donors (Lipinski definition) is 1. The highest BCUT2D eigenvalue weighted by Crippen LogP contribution is 2.23. The predicted molar refractivity (Wildman–Crippen MR) is 66.0 cm³/mol. The molecule has 1 aliphatic rings. The highest BCUT2D eigenvalue weighted by molar-refractivity contribution is 6.15. The minimum Gasteiger partial charge on any atom is -0.444 e. The van der Waals surface area contributed by atoms with E-state index in [1.165, 1.54) is 18.2 Å². The van der Waals surface area contributed by atoms with Gasteiger partial charge < -0.3 is 9.47 Å². The zero-order chi connectivity index (χ0) is 14.2. The molecule has 100 valence electrons. The number of nitrogens with one attached hydrogen (secondary N) is 1. The number of carbonyl (C=O) groups is 3. The third-order valence-electron chi connectivity index (χ3n) is 2.29. The first-order valence-electron chi connectivity index (χ1n) is 5.67. The van der Waals surface area contributed by atoms with E-state index in [1.54, 1.807) is 20.8 Å². The van der Waals surface area contributed by atoms with Crippen molar-refractivity contribution in [3.05, 3.63) is 29.3 Å². The van der Waals surface area contributed by atoms with Crippen molar-refractivity contribution in [3.63, 3.8) is 0 Å². The number of carbonyl (C=O) groups excluding carboxylic acids is 3. The number of cyclic esters (lactones) is 2. The topological polar surface area (TPSA) is 81.7 Å². The molecule has 1 N–H and O–H groups in total. The normalized spacial score (nSPS) is 13.8. The van der Waals surface area contributed by atoms with Gasteiger partial charge >= 0.3 is 18.0 Å². The van der Waals surface area contributed by atoms with Crippen LogP contribution >= 0.6 is 0 Å². The second kappa shape index (κ2) is 4.38. The summed E-state index contributed by atoms with van der Waals surface area (Å²) in [7, 11) is 0. The average Bonchev–Trinajstić information content (AvgIpc) is 2.51. The molecule has 0 fully saturated rings. The summed E-state index contributed by atoms with van der Waals surface area (Å²) in [6, 6.07) is 4.31. The fourth-order valence-corrected chi connectivity index (χ4v) is 1.58. The van der Waals surface area contributed by atoms with Crippen LogP contribution in [0.5, 0.6) is 0 Å². The van der Waals surface area contributed by atoms with Gasteiger partial charge in [-0.1, -0.05) is 0 Å². The van der Waals surface area contributed by atoms with Crippen molar-refractivity contribution in [2.75, 3.05) is 5.32 Å². The maximum atomic E-state index is 11.6. The lowest BCUT2D eigenvalue weighted by Crippen LogP contribution is -2.27. The number of hydrogen-bond acceptors (Lipinski definition) is 5. The second-order valence-corrected chi connectivity index (χ2v) is 5.06. The van der Waals surface area contributed by atoms with Gasteiger partial charge in [0.25, 0.3) is 0 Å². The maximum absolute atomic E-state index is 11.6. The number of anilines is 1. The fourth-order valence-electron chi connectivity index (χ4n) is 1.58. The van der Waals surface area contributed by atoms with E-state index in [4.69, 9.17) is 4.74 Å². The van der Waals surface area contributed by atoms with E-state index in [9.17, 15) is 14.4 Å². The van der Waals surface area contributed by atoms with Crippen LogP contribution in [0.2, 0.25) is 0 Å². The van der Waals surface area contributed by atoms with Crippen molar-refractivity contribution in [2.45, 2.75) is 26.4 Å². The van der Waals surface area contributed by atoms with E-state index in [0.717, 1.165) is 0 Å². The van der Waals surface area contributed by atoms with Gasteiger partial charge in [0, 0.05) is 5.69 Å². The number of esters is 2. The lowest BCUT2D eigenvalue weighted by atomic mass is 10.1. The maximum Gasteiger partial charge on any atom is 0.412 e. The molecule has 1 aliphatic heterocycles. The minimum absolute atomic E-state index is 0.138. The van der Waals surface area contributed by atoms with E-state index >= 15 is 0 Å². The van der Waals surface area contributed by atoms with Crippen molar-refractivity contribution >= 4 is 23.7 Å². The van der Waals surface area contributed by atoms with Gasteiger partial charge in [0.2, 0.25) is 0 Å². The summed E-state index contributed by atoms with van der Waals surface area (Å²) in [5, 5.41) is 2.48. The number of benzene rings is 1. The first-order chi connectivity index (χ1) is 8.76. The molecule has 6 nitrogen and oxygen atoms in total. The lowest BCUT2D eigenvalue weighted by molar-refractivity contribution is 0.0442. The SMILES string of the molecule is CC(C)(C)OC(=O)Nc1ccc2c(c1)C(=O)OC2=O. The molecular weight excluding hydrogens is 250 g/mol. The summed E-state index contributed by atoms with van der Waals surface area (Å²) in [6.07, 6.45) is -0.634. The van der Waals surface area contributed by atoms with Crippen molar-refractivity contribution in [1.82, 2.24) is 0 Å². The third kappa shape index (κ3) is 2.90. The second-order valence-electron chi connectivity index (χ2n) is 5.06. The highest BCUT2D eigenvalue weighted by atomic mass is 16.6. The molecule has 1 aromatic carbocycles. The van der Waals surface area contributed by atoms with Gasteiger partial charge in [0.15, 0.2) is 0 Å². The van der Waals surface area contributed by atoms with Crippen LogP contribution < -0.4 is 5.32 Å². The molecule has 0 atom stereocenters.